The van der Waals surface area contributed by atoms with Crippen molar-refractivity contribution in [2.24, 2.45) is 0 Å². The number of nitrogens with zero attached hydrogens (tertiary/aromatic N) is 6. The van der Waals surface area contributed by atoms with Gasteiger partial charge in [-0.25, -0.2) is 4.79 Å². The van der Waals surface area contributed by atoms with Gasteiger partial charge in [-0.15, -0.1) is 5.10 Å². The molecule has 2 heterocycles. The molecule has 1 saturated heterocycles. The van der Waals surface area contributed by atoms with Gasteiger partial charge in [0.1, 0.15) is 5.60 Å². The lowest BCUT2D eigenvalue weighted by atomic mass is 10.2. The summed E-state index contributed by atoms with van der Waals surface area (Å²) in [6.07, 6.45) is -0.251. The molecule has 1 amide bonds. The maximum Gasteiger partial charge on any atom is 0.410 e. The van der Waals surface area contributed by atoms with E-state index in [-0.39, 0.29) is 12.1 Å². The lowest BCUT2D eigenvalue weighted by Crippen LogP contribution is -2.54. The zero-order chi connectivity index (χ0) is 19.6. The fraction of sp³-hybridized carbons (Fsp3) is 0.579. The van der Waals surface area contributed by atoms with Crippen molar-refractivity contribution in [3.8, 4) is 5.69 Å². The number of aromatic nitrogens is 4. The molecule has 0 spiro atoms. The van der Waals surface area contributed by atoms with E-state index in [0.29, 0.717) is 19.6 Å². The summed E-state index contributed by atoms with van der Waals surface area (Å²) in [7, 11) is 0. The van der Waals surface area contributed by atoms with Crippen molar-refractivity contribution in [2.75, 3.05) is 19.6 Å². The average molecular weight is 372 g/mol. The number of ether oxygens (including phenoxy) is 1. The van der Waals surface area contributed by atoms with Crippen molar-refractivity contribution in [2.45, 2.75) is 52.8 Å². The van der Waals surface area contributed by atoms with Crippen LogP contribution in [0.2, 0.25) is 0 Å². The van der Waals surface area contributed by atoms with E-state index in [2.05, 4.69) is 33.4 Å². The number of hydrogen-bond donors (Lipinski definition) is 0. The molecule has 27 heavy (non-hydrogen) atoms. The number of tetrazole rings is 1. The standard InChI is InChI=1S/C19H28N6O2/c1-14-7-6-8-16(11-14)25-17(20-21-22-25)13-23-9-10-24(12-15(23)2)18(26)27-19(3,4)5/h6-8,11,15H,9-10,12-13H2,1-5H3/t15-/m1/s1. The van der Waals surface area contributed by atoms with Crippen molar-refractivity contribution >= 4 is 6.09 Å². The molecular weight excluding hydrogens is 344 g/mol. The lowest BCUT2D eigenvalue weighted by molar-refractivity contribution is 0.00416. The van der Waals surface area contributed by atoms with Gasteiger partial charge in [-0.3, -0.25) is 4.90 Å². The molecule has 2 aromatic rings. The highest BCUT2D eigenvalue weighted by atomic mass is 16.6. The number of piperazine rings is 1. The van der Waals surface area contributed by atoms with Gasteiger partial charge in [0, 0.05) is 25.7 Å². The van der Waals surface area contributed by atoms with Gasteiger partial charge in [-0.1, -0.05) is 12.1 Å². The molecule has 1 aromatic heterocycles. The number of rotatable bonds is 3. The van der Waals surface area contributed by atoms with E-state index in [1.807, 2.05) is 45.9 Å². The smallest absolute Gasteiger partial charge is 0.410 e. The number of benzene rings is 1. The normalized spacial score (nSPS) is 18.6. The molecule has 0 radical (unpaired) electrons. The zero-order valence-electron chi connectivity index (χ0n) is 16.7. The Morgan fingerprint density at radius 2 is 2.07 bits per heavy atom. The third-order valence-electron chi connectivity index (χ3n) is 4.54. The Morgan fingerprint density at radius 3 is 2.74 bits per heavy atom. The van der Waals surface area contributed by atoms with Gasteiger partial charge in [-0.2, -0.15) is 4.68 Å². The number of aryl methyl sites for hydroxylation is 1. The third-order valence-corrected chi connectivity index (χ3v) is 4.54. The second-order valence-electron chi connectivity index (χ2n) is 8.09. The van der Waals surface area contributed by atoms with Crippen molar-refractivity contribution < 1.29 is 9.53 Å². The summed E-state index contributed by atoms with van der Waals surface area (Å²) in [6.45, 7) is 12.4. The van der Waals surface area contributed by atoms with E-state index in [0.717, 1.165) is 23.6 Å². The maximum absolute atomic E-state index is 12.3. The van der Waals surface area contributed by atoms with Crippen LogP contribution >= 0.6 is 0 Å². The monoisotopic (exact) mass is 372 g/mol. The molecule has 1 aliphatic rings. The Bertz CT molecular complexity index is 797. The highest BCUT2D eigenvalue weighted by molar-refractivity contribution is 5.68. The first-order valence-electron chi connectivity index (χ1n) is 9.29. The lowest BCUT2D eigenvalue weighted by Gasteiger charge is -2.39. The number of carbonyl (C=O) groups excluding carboxylic acids is 1. The van der Waals surface area contributed by atoms with Gasteiger partial charge >= 0.3 is 6.09 Å². The molecule has 1 aliphatic heterocycles. The summed E-state index contributed by atoms with van der Waals surface area (Å²) in [5.74, 6) is 0.790. The molecule has 8 heteroatoms. The fourth-order valence-corrected chi connectivity index (χ4v) is 3.17. The fourth-order valence-electron chi connectivity index (χ4n) is 3.17. The average Bonchev–Trinajstić information content (AvgIpc) is 3.03. The van der Waals surface area contributed by atoms with Gasteiger partial charge in [-0.05, 0) is 62.7 Å². The molecule has 0 aliphatic carbocycles. The topological polar surface area (TPSA) is 76.4 Å². The van der Waals surface area contributed by atoms with Crippen molar-refractivity contribution in [1.29, 1.82) is 0 Å². The Balaban J connectivity index is 1.65. The van der Waals surface area contributed by atoms with Gasteiger partial charge < -0.3 is 9.64 Å². The van der Waals surface area contributed by atoms with Crippen LogP contribution in [-0.4, -0.2) is 67.4 Å². The largest absolute Gasteiger partial charge is 0.444 e. The van der Waals surface area contributed by atoms with Crippen molar-refractivity contribution in [1.82, 2.24) is 30.0 Å². The van der Waals surface area contributed by atoms with Crippen LogP contribution in [0, 0.1) is 6.92 Å². The Labute approximate surface area is 160 Å². The van der Waals surface area contributed by atoms with Gasteiger partial charge in [0.15, 0.2) is 5.82 Å². The van der Waals surface area contributed by atoms with Crippen LogP contribution in [0.1, 0.15) is 39.1 Å². The van der Waals surface area contributed by atoms with Gasteiger partial charge in [0.05, 0.1) is 12.2 Å². The quantitative estimate of drug-likeness (QED) is 0.823. The molecule has 1 atom stereocenters. The minimum Gasteiger partial charge on any atom is -0.444 e. The Morgan fingerprint density at radius 1 is 1.30 bits per heavy atom. The zero-order valence-corrected chi connectivity index (χ0v) is 16.7. The summed E-state index contributed by atoms with van der Waals surface area (Å²) >= 11 is 0. The molecule has 146 valence electrons. The van der Waals surface area contributed by atoms with Crippen LogP contribution in [0.15, 0.2) is 24.3 Å². The molecular formula is C19H28N6O2. The summed E-state index contributed by atoms with van der Waals surface area (Å²) in [5, 5.41) is 12.2. The minimum atomic E-state index is -0.479. The molecule has 0 N–H and O–H groups in total. The van der Waals surface area contributed by atoms with Crippen LogP contribution in [-0.2, 0) is 11.3 Å². The first-order valence-corrected chi connectivity index (χ1v) is 9.29. The maximum atomic E-state index is 12.3. The summed E-state index contributed by atoms with van der Waals surface area (Å²) in [5.41, 5.74) is 1.64. The van der Waals surface area contributed by atoms with Crippen LogP contribution < -0.4 is 0 Å². The summed E-state index contributed by atoms with van der Waals surface area (Å²) in [4.78, 5) is 16.4. The predicted molar refractivity (Wildman–Crippen MR) is 102 cm³/mol. The van der Waals surface area contributed by atoms with Gasteiger partial charge in [0.2, 0.25) is 0 Å². The third kappa shape index (κ3) is 4.82. The van der Waals surface area contributed by atoms with E-state index in [1.165, 1.54) is 0 Å². The van der Waals surface area contributed by atoms with Crippen LogP contribution in [0.4, 0.5) is 4.79 Å². The summed E-state index contributed by atoms with van der Waals surface area (Å²) < 4.78 is 7.26. The van der Waals surface area contributed by atoms with Crippen molar-refractivity contribution in [3.05, 3.63) is 35.7 Å². The SMILES string of the molecule is Cc1cccc(-n2nnnc2CN2CCN(C(=O)OC(C)(C)C)C[C@H]2C)c1. The molecule has 0 bridgehead atoms. The van der Waals surface area contributed by atoms with E-state index >= 15 is 0 Å². The molecule has 0 saturated carbocycles. The Kier molecular flexibility index (Phi) is 5.46. The highest BCUT2D eigenvalue weighted by Crippen LogP contribution is 2.17. The summed E-state index contributed by atoms with van der Waals surface area (Å²) in [6, 6.07) is 8.29. The van der Waals surface area contributed by atoms with E-state index < -0.39 is 5.60 Å². The van der Waals surface area contributed by atoms with Crippen molar-refractivity contribution in [3.63, 3.8) is 0 Å². The number of hydrogen-bond acceptors (Lipinski definition) is 6. The highest BCUT2D eigenvalue weighted by Gasteiger charge is 2.30. The first-order chi connectivity index (χ1) is 12.7. The van der Waals surface area contributed by atoms with Crippen LogP contribution in [0.5, 0.6) is 0 Å². The van der Waals surface area contributed by atoms with E-state index in [1.54, 1.807) is 9.58 Å². The second kappa shape index (κ2) is 7.64. The predicted octanol–water partition coefficient (Wildman–Crippen LogP) is 2.41. The van der Waals surface area contributed by atoms with Crippen LogP contribution in [0.25, 0.3) is 5.69 Å². The molecule has 0 unspecified atom stereocenters. The van der Waals surface area contributed by atoms with Crippen LogP contribution in [0.3, 0.4) is 0 Å². The number of carbonyl (C=O) groups is 1. The Hall–Kier alpha value is -2.48. The second-order valence-corrected chi connectivity index (χ2v) is 8.09. The molecule has 1 aromatic carbocycles. The first kappa shape index (κ1) is 19.3. The van der Waals surface area contributed by atoms with E-state index in [4.69, 9.17) is 4.74 Å². The molecule has 8 nitrogen and oxygen atoms in total. The van der Waals surface area contributed by atoms with Gasteiger partial charge in [0.25, 0.3) is 0 Å². The minimum absolute atomic E-state index is 0.189. The van der Waals surface area contributed by atoms with E-state index in [9.17, 15) is 4.79 Å². The number of amides is 1. The molecule has 3 rings (SSSR count). The molecule has 1 fully saturated rings.